The fourth-order valence-corrected chi connectivity index (χ4v) is 3.45. The predicted molar refractivity (Wildman–Crippen MR) is 109 cm³/mol. The molecule has 8 nitrogen and oxygen atoms in total. The molecule has 0 saturated carbocycles. The van der Waals surface area contributed by atoms with E-state index in [1.165, 1.54) is 11.9 Å². The van der Waals surface area contributed by atoms with Crippen LogP contribution >= 0.6 is 0 Å². The molecule has 0 amide bonds. The van der Waals surface area contributed by atoms with Gasteiger partial charge in [-0.25, -0.2) is 9.78 Å². The fraction of sp³-hybridized carbons (Fsp3) is 0.400. The Balaban J connectivity index is 1.39. The number of piperazine rings is 1. The van der Waals surface area contributed by atoms with Gasteiger partial charge in [-0.2, -0.15) is 23.3 Å². The van der Waals surface area contributed by atoms with E-state index in [-0.39, 0.29) is 6.67 Å². The highest BCUT2D eigenvalue weighted by molar-refractivity contribution is 5.49. The van der Waals surface area contributed by atoms with Crippen LogP contribution in [0.2, 0.25) is 0 Å². The van der Waals surface area contributed by atoms with Gasteiger partial charge in [0.2, 0.25) is 5.95 Å². The van der Waals surface area contributed by atoms with Crippen molar-refractivity contribution in [3.8, 4) is 0 Å². The van der Waals surface area contributed by atoms with Gasteiger partial charge in [-0.15, -0.1) is 0 Å². The Morgan fingerprint density at radius 1 is 1.00 bits per heavy atom. The molecule has 4 rings (SSSR count). The molecule has 0 aliphatic carbocycles. The van der Waals surface area contributed by atoms with Crippen molar-refractivity contribution in [3.05, 3.63) is 64.6 Å². The third-order valence-electron chi connectivity index (χ3n) is 5.25. The highest BCUT2D eigenvalue weighted by Crippen LogP contribution is 2.27. The summed E-state index contributed by atoms with van der Waals surface area (Å²) in [5, 5.41) is 3.44. The zero-order valence-electron chi connectivity index (χ0n) is 17.0. The summed E-state index contributed by atoms with van der Waals surface area (Å²) in [7, 11) is 0. The van der Waals surface area contributed by atoms with Gasteiger partial charge in [-0.1, -0.05) is 19.1 Å². The minimum atomic E-state index is -4.53. The summed E-state index contributed by atoms with van der Waals surface area (Å²) in [6, 6.07) is 9.34. The first-order valence-corrected chi connectivity index (χ1v) is 9.96. The summed E-state index contributed by atoms with van der Waals surface area (Å²) in [5.41, 5.74) is 0.846. The summed E-state index contributed by atoms with van der Waals surface area (Å²) in [6.45, 7) is 4.78. The molecule has 0 atom stereocenters. The fourth-order valence-electron chi connectivity index (χ4n) is 3.45. The smallest absolute Gasteiger partial charge is 0.368 e. The van der Waals surface area contributed by atoms with Crippen LogP contribution in [0.5, 0.6) is 0 Å². The molecule has 164 valence electrons. The Bertz CT molecular complexity index is 1080. The van der Waals surface area contributed by atoms with E-state index in [9.17, 15) is 18.0 Å². The van der Waals surface area contributed by atoms with Crippen LogP contribution in [-0.4, -0.2) is 50.5 Å². The first-order valence-electron chi connectivity index (χ1n) is 9.96. The summed E-state index contributed by atoms with van der Waals surface area (Å²) < 4.78 is 40.1. The van der Waals surface area contributed by atoms with Crippen molar-refractivity contribution in [1.29, 1.82) is 0 Å². The molecule has 1 aromatic carbocycles. The van der Waals surface area contributed by atoms with E-state index in [4.69, 9.17) is 0 Å². The van der Waals surface area contributed by atoms with Crippen molar-refractivity contribution in [1.82, 2.24) is 24.3 Å². The Kier molecular flexibility index (Phi) is 5.66. The van der Waals surface area contributed by atoms with Gasteiger partial charge >= 0.3 is 11.9 Å². The monoisotopic (exact) mass is 433 g/mol. The molecular weight excluding hydrogens is 411 g/mol. The molecule has 3 aromatic rings. The van der Waals surface area contributed by atoms with Crippen molar-refractivity contribution in [2.75, 3.05) is 36.0 Å². The quantitative estimate of drug-likeness (QED) is 0.615. The van der Waals surface area contributed by atoms with Crippen LogP contribution in [0.1, 0.15) is 18.2 Å². The van der Waals surface area contributed by atoms with Crippen LogP contribution in [-0.2, 0) is 19.3 Å². The van der Waals surface area contributed by atoms with E-state index in [1.807, 2.05) is 4.90 Å². The molecule has 0 N–H and O–H groups in total. The van der Waals surface area contributed by atoms with Gasteiger partial charge in [0.25, 0.3) is 0 Å². The van der Waals surface area contributed by atoms with E-state index in [1.54, 1.807) is 0 Å². The maximum atomic E-state index is 12.7. The molecule has 2 aromatic heterocycles. The van der Waals surface area contributed by atoms with E-state index in [0.29, 0.717) is 19.0 Å². The van der Waals surface area contributed by atoms with Crippen molar-refractivity contribution in [2.45, 2.75) is 26.2 Å². The zero-order valence-corrected chi connectivity index (χ0v) is 17.0. The lowest BCUT2D eigenvalue weighted by atomic mass is 10.1. The largest absolute Gasteiger partial charge is 0.435 e. The van der Waals surface area contributed by atoms with Crippen LogP contribution in [0.15, 0.2) is 47.7 Å². The second-order valence-electron chi connectivity index (χ2n) is 7.28. The molecule has 0 spiro atoms. The molecule has 1 fully saturated rings. The molecule has 31 heavy (non-hydrogen) atoms. The molecule has 1 saturated heterocycles. The second-order valence-corrected chi connectivity index (χ2v) is 7.28. The van der Waals surface area contributed by atoms with Crippen LogP contribution in [0.4, 0.5) is 24.8 Å². The lowest BCUT2D eigenvalue weighted by Gasteiger charge is -2.36. The summed E-state index contributed by atoms with van der Waals surface area (Å²) >= 11 is 0. The average Bonchev–Trinajstić information content (AvgIpc) is 3.25. The summed E-state index contributed by atoms with van der Waals surface area (Å²) in [5.74, 6) is 0.318. The lowest BCUT2D eigenvalue weighted by molar-refractivity contribution is -0.141. The zero-order chi connectivity index (χ0) is 22.0. The number of halogens is 3. The third kappa shape index (κ3) is 4.70. The SMILES string of the molecule is CCc1ccc(N2CCN(c3ncn(Cn4ccc(C(F)(F)F)n4)c(=O)n3)CC2)cc1. The second kappa shape index (κ2) is 8.40. The van der Waals surface area contributed by atoms with Gasteiger partial charge in [0.05, 0.1) is 0 Å². The van der Waals surface area contributed by atoms with Gasteiger partial charge in [0.1, 0.15) is 13.0 Å². The molecule has 0 radical (unpaired) electrons. The third-order valence-corrected chi connectivity index (χ3v) is 5.25. The van der Waals surface area contributed by atoms with Crippen LogP contribution in [0, 0.1) is 0 Å². The van der Waals surface area contributed by atoms with E-state index < -0.39 is 17.6 Å². The van der Waals surface area contributed by atoms with E-state index in [0.717, 1.165) is 46.7 Å². The molecule has 0 unspecified atom stereocenters. The number of benzene rings is 1. The first kappa shape index (κ1) is 20.9. The Morgan fingerprint density at radius 3 is 2.26 bits per heavy atom. The summed E-state index contributed by atoms with van der Waals surface area (Å²) in [4.78, 5) is 24.8. The van der Waals surface area contributed by atoms with Crippen molar-refractivity contribution < 1.29 is 13.2 Å². The lowest BCUT2D eigenvalue weighted by Crippen LogP contribution is -2.47. The predicted octanol–water partition coefficient (Wildman–Crippen LogP) is 2.25. The number of anilines is 2. The van der Waals surface area contributed by atoms with E-state index >= 15 is 0 Å². The van der Waals surface area contributed by atoms with Crippen LogP contribution in [0.3, 0.4) is 0 Å². The standard InChI is InChI=1S/C20H22F3N7O/c1-2-15-3-5-16(6-4-15)27-9-11-28(12-10-27)18-24-13-29(19(31)25-18)14-30-8-7-17(26-30)20(21,22)23/h3-8,13H,2,9-12,14H2,1H3. The Labute approximate surface area is 176 Å². The van der Waals surface area contributed by atoms with Gasteiger partial charge < -0.3 is 9.80 Å². The van der Waals surface area contributed by atoms with Gasteiger partial charge in [0.15, 0.2) is 5.69 Å². The van der Waals surface area contributed by atoms with Gasteiger partial charge in [-0.3, -0.25) is 9.25 Å². The summed E-state index contributed by atoms with van der Waals surface area (Å²) in [6.07, 6.45) is -1.08. The average molecular weight is 433 g/mol. The van der Waals surface area contributed by atoms with E-state index in [2.05, 4.69) is 51.2 Å². The van der Waals surface area contributed by atoms with Crippen molar-refractivity contribution in [2.24, 2.45) is 0 Å². The molecule has 3 heterocycles. The maximum absolute atomic E-state index is 12.7. The minimum absolute atomic E-state index is 0.198. The van der Waals surface area contributed by atoms with Crippen LogP contribution in [0.25, 0.3) is 0 Å². The molecular formula is C20H22F3N7O. The molecule has 11 heteroatoms. The number of hydrogen-bond acceptors (Lipinski definition) is 6. The number of aromatic nitrogens is 5. The number of hydrogen-bond donors (Lipinski definition) is 0. The maximum Gasteiger partial charge on any atom is 0.435 e. The normalized spacial score (nSPS) is 14.8. The Morgan fingerprint density at radius 2 is 1.68 bits per heavy atom. The van der Waals surface area contributed by atoms with Gasteiger partial charge in [0, 0.05) is 38.1 Å². The Hall–Kier alpha value is -3.37. The first-order chi connectivity index (χ1) is 14.8. The number of nitrogens with zero attached hydrogens (tertiary/aromatic N) is 7. The highest BCUT2D eigenvalue weighted by atomic mass is 19.4. The minimum Gasteiger partial charge on any atom is -0.368 e. The molecule has 1 aliphatic heterocycles. The molecule has 0 bridgehead atoms. The highest BCUT2D eigenvalue weighted by Gasteiger charge is 2.33. The van der Waals surface area contributed by atoms with Crippen molar-refractivity contribution in [3.63, 3.8) is 0 Å². The topological polar surface area (TPSA) is 72.1 Å². The number of aryl methyl sites for hydroxylation is 1. The number of rotatable bonds is 5. The van der Waals surface area contributed by atoms with Crippen molar-refractivity contribution >= 4 is 11.6 Å². The van der Waals surface area contributed by atoms with Gasteiger partial charge in [-0.05, 0) is 30.2 Å². The van der Waals surface area contributed by atoms with Crippen LogP contribution < -0.4 is 15.5 Å². The number of alkyl halides is 3. The molecule has 1 aliphatic rings.